The Bertz CT molecular complexity index is 887. The highest BCUT2D eigenvalue weighted by Crippen LogP contribution is 2.24. The number of hydrogen-bond donors (Lipinski definition) is 1. The highest BCUT2D eigenvalue weighted by Gasteiger charge is 2.14. The molecule has 6 heteroatoms. The third-order valence-corrected chi connectivity index (χ3v) is 4.46. The Morgan fingerprint density at radius 2 is 2.04 bits per heavy atom. The Labute approximate surface area is 150 Å². The van der Waals surface area contributed by atoms with E-state index in [1.807, 2.05) is 35.8 Å². The number of para-hydroxylation sites is 2. The van der Waals surface area contributed by atoms with E-state index < -0.39 is 0 Å². The molecule has 2 aromatic carbocycles. The van der Waals surface area contributed by atoms with Crippen molar-refractivity contribution in [3.8, 4) is 0 Å². The molecule has 0 saturated heterocycles. The topological polar surface area (TPSA) is 46.9 Å². The number of benzene rings is 2. The molecule has 1 aromatic heterocycles. The Kier molecular flexibility index (Phi) is 5.34. The van der Waals surface area contributed by atoms with E-state index >= 15 is 0 Å². The largest absolute Gasteiger partial charge is 0.356 e. The van der Waals surface area contributed by atoms with E-state index in [0.717, 1.165) is 16.9 Å². The van der Waals surface area contributed by atoms with Crippen molar-refractivity contribution in [1.82, 2.24) is 14.9 Å². The molecule has 0 aliphatic heterocycles. The molecule has 0 saturated carbocycles. The van der Waals surface area contributed by atoms with Crippen LogP contribution in [0.4, 0.5) is 4.39 Å². The maximum absolute atomic E-state index is 14.2. The van der Waals surface area contributed by atoms with Gasteiger partial charge in [-0.1, -0.05) is 36.7 Å². The predicted octanol–water partition coefficient (Wildman–Crippen LogP) is 3.95. The van der Waals surface area contributed by atoms with E-state index in [-0.39, 0.29) is 11.7 Å². The highest BCUT2D eigenvalue weighted by atomic mass is 35.5. The molecule has 130 valence electrons. The second kappa shape index (κ2) is 7.66. The molecule has 4 nitrogen and oxygen atoms in total. The molecule has 1 amide bonds. The minimum atomic E-state index is -0.337. The smallest absolute Gasteiger partial charge is 0.219 e. The van der Waals surface area contributed by atoms with Gasteiger partial charge in [-0.25, -0.2) is 9.37 Å². The Balaban J connectivity index is 1.94. The molecule has 3 rings (SSSR count). The normalized spacial score (nSPS) is 11.0. The van der Waals surface area contributed by atoms with Crippen LogP contribution in [0.25, 0.3) is 11.0 Å². The monoisotopic (exact) mass is 359 g/mol. The van der Waals surface area contributed by atoms with Gasteiger partial charge < -0.3 is 9.88 Å². The van der Waals surface area contributed by atoms with Crippen LogP contribution in [0.5, 0.6) is 0 Å². The summed E-state index contributed by atoms with van der Waals surface area (Å²) in [7, 11) is 0. The number of carbonyl (C=O) groups is 1. The van der Waals surface area contributed by atoms with E-state index in [1.54, 1.807) is 12.1 Å². The molecule has 0 atom stereocenters. The molecule has 3 aromatic rings. The number of aromatic nitrogens is 2. The van der Waals surface area contributed by atoms with Crippen molar-refractivity contribution in [3.05, 3.63) is 64.7 Å². The average molecular weight is 360 g/mol. The molecular formula is C19H19ClFN3O. The van der Waals surface area contributed by atoms with Gasteiger partial charge in [0.25, 0.3) is 0 Å². The fourth-order valence-electron chi connectivity index (χ4n) is 2.77. The quantitative estimate of drug-likeness (QED) is 0.724. The Morgan fingerprint density at radius 3 is 2.80 bits per heavy atom. The Hall–Kier alpha value is -2.40. The first-order valence-electron chi connectivity index (χ1n) is 8.24. The van der Waals surface area contributed by atoms with Crippen molar-refractivity contribution < 1.29 is 9.18 Å². The summed E-state index contributed by atoms with van der Waals surface area (Å²) >= 11 is 6.18. The first kappa shape index (κ1) is 17.4. The lowest BCUT2D eigenvalue weighted by Crippen LogP contribution is -2.25. The van der Waals surface area contributed by atoms with Gasteiger partial charge in [-0.2, -0.15) is 0 Å². The molecule has 0 aliphatic carbocycles. The molecule has 0 bridgehead atoms. The number of rotatable bonds is 6. The first-order chi connectivity index (χ1) is 12.1. The van der Waals surface area contributed by atoms with E-state index in [9.17, 15) is 9.18 Å². The van der Waals surface area contributed by atoms with Gasteiger partial charge in [-0.3, -0.25) is 4.79 Å². The zero-order chi connectivity index (χ0) is 17.8. The van der Waals surface area contributed by atoms with Crippen molar-refractivity contribution in [2.45, 2.75) is 26.3 Å². The third kappa shape index (κ3) is 3.82. The maximum Gasteiger partial charge on any atom is 0.219 e. The first-order valence-corrected chi connectivity index (χ1v) is 8.61. The van der Waals surface area contributed by atoms with E-state index in [2.05, 4.69) is 10.3 Å². The second-order valence-electron chi connectivity index (χ2n) is 5.76. The standard InChI is InChI=1S/C19H19ClFN3O/c1-2-19(25)22-11-10-18-23-16-8-3-4-9-17(16)24(18)12-13-14(20)6-5-7-15(13)21/h3-9H,2,10-12H2,1H3,(H,22,25). The van der Waals surface area contributed by atoms with Gasteiger partial charge in [0.2, 0.25) is 5.91 Å². The van der Waals surface area contributed by atoms with Gasteiger partial charge >= 0.3 is 0 Å². The summed E-state index contributed by atoms with van der Waals surface area (Å²) in [6.07, 6.45) is 1.01. The van der Waals surface area contributed by atoms with Gasteiger partial charge in [0.15, 0.2) is 0 Å². The summed E-state index contributed by atoms with van der Waals surface area (Å²) < 4.78 is 16.2. The van der Waals surface area contributed by atoms with Gasteiger partial charge in [0.1, 0.15) is 11.6 Å². The molecule has 0 radical (unpaired) electrons. The summed E-state index contributed by atoms with van der Waals surface area (Å²) in [6, 6.07) is 12.4. The van der Waals surface area contributed by atoms with Crippen LogP contribution in [0.1, 0.15) is 24.7 Å². The molecule has 0 fully saturated rings. The molecule has 0 spiro atoms. The maximum atomic E-state index is 14.2. The molecule has 0 unspecified atom stereocenters. The summed E-state index contributed by atoms with van der Waals surface area (Å²) in [5, 5.41) is 3.24. The van der Waals surface area contributed by atoms with Crippen molar-refractivity contribution in [1.29, 1.82) is 0 Å². The van der Waals surface area contributed by atoms with Crippen LogP contribution in [0.2, 0.25) is 5.02 Å². The number of amides is 1. The van der Waals surface area contributed by atoms with Crippen LogP contribution < -0.4 is 5.32 Å². The number of nitrogens with one attached hydrogen (secondary N) is 1. The number of hydrogen-bond acceptors (Lipinski definition) is 2. The second-order valence-corrected chi connectivity index (χ2v) is 6.16. The van der Waals surface area contributed by atoms with Crippen molar-refractivity contribution in [2.75, 3.05) is 6.54 Å². The van der Waals surface area contributed by atoms with Crippen LogP contribution in [-0.4, -0.2) is 22.0 Å². The van der Waals surface area contributed by atoms with Gasteiger partial charge in [-0.15, -0.1) is 0 Å². The number of nitrogens with zero attached hydrogens (tertiary/aromatic N) is 2. The lowest BCUT2D eigenvalue weighted by atomic mass is 10.2. The van der Waals surface area contributed by atoms with Crippen molar-refractivity contribution >= 4 is 28.5 Å². The summed E-state index contributed by atoms with van der Waals surface area (Å²) in [4.78, 5) is 16.1. The van der Waals surface area contributed by atoms with Gasteiger partial charge in [0, 0.05) is 30.0 Å². The number of imidazole rings is 1. The average Bonchev–Trinajstić information content (AvgIpc) is 2.95. The van der Waals surface area contributed by atoms with E-state index in [0.29, 0.717) is 36.5 Å². The number of carbonyl (C=O) groups excluding carboxylic acids is 1. The van der Waals surface area contributed by atoms with Gasteiger partial charge in [-0.05, 0) is 24.3 Å². The van der Waals surface area contributed by atoms with Crippen molar-refractivity contribution in [3.63, 3.8) is 0 Å². The minimum absolute atomic E-state index is 0.000177. The molecule has 1 N–H and O–H groups in total. The third-order valence-electron chi connectivity index (χ3n) is 4.10. The fraction of sp³-hybridized carbons (Fsp3) is 0.263. The molecule has 25 heavy (non-hydrogen) atoms. The molecule has 1 heterocycles. The lowest BCUT2D eigenvalue weighted by molar-refractivity contribution is -0.120. The zero-order valence-electron chi connectivity index (χ0n) is 13.9. The summed E-state index contributed by atoms with van der Waals surface area (Å²) in [6.45, 7) is 2.59. The molecule has 0 aliphatic rings. The van der Waals surface area contributed by atoms with Crippen LogP contribution in [-0.2, 0) is 17.8 Å². The van der Waals surface area contributed by atoms with E-state index in [1.165, 1.54) is 6.07 Å². The summed E-state index contributed by atoms with van der Waals surface area (Å²) in [5.41, 5.74) is 2.19. The number of halogens is 2. The fourth-order valence-corrected chi connectivity index (χ4v) is 3.00. The van der Waals surface area contributed by atoms with Crippen molar-refractivity contribution in [2.24, 2.45) is 0 Å². The van der Waals surface area contributed by atoms with Crippen LogP contribution in [0.3, 0.4) is 0 Å². The SMILES string of the molecule is CCC(=O)NCCc1nc2ccccc2n1Cc1c(F)cccc1Cl. The lowest BCUT2D eigenvalue weighted by Gasteiger charge is -2.12. The summed E-state index contributed by atoms with van der Waals surface area (Å²) in [5.74, 6) is 0.451. The number of fused-ring (bicyclic) bond motifs is 1. The van der Waals surface area contributed by atoms with Crippen LogP contribution >= 0.6 is 11.6 Å². The van der Waals surface area contributed by atoms with Crippen LogP contribution in [0.15, 0.2) is 42.5 Å². The van der Waals surface area contributed by atoms with E-state index in [4.69, 9.17) is 11.6 Å². The van der Waals surface area contributed by atoms with Crippen LogP contribution in [0, 0.1) is 5.82 Å². The van der Waals surface area contributed by atoms with Gasteiger partial charge in [0.05, 0.1) is 17.6 Å². The molecular weight excluding hydrogens is 341 g/mol. The minimum Gasteiger partial charge on any atom is -0.356 e. The Morgan fingerprint density at radius 1 is 1.24 bits per heavy atom. The zero-order valence-corrected chi connectivity index (χ0v) is 14.7. The highest BCUT2D eigenvalue weighted by molar-refractivity contribution is 6.31. The predicted molar refractivity (Wildman–Crippen MR) is 97.2 cm³/mol.